The molecule has 6 rings (SSSR count). The van der Waals surface area contributed by atoms with Crippen molar-refractivity contribution < 1.29 is 9.53 Å². The lowest BCUT2D eigenvalue weighted by Crippen LogP contribution is -2.46. The van der Waals surface area contributed by atoms with Gasteiger partial charge < -0.3 is 19.1 Å². The number of hydrogen-bond donors (Lipinski definition) is 0. The molecule has 0 atom stereocenters. The molecule has 2 aliphatic heterocycles. The minimum absolute atomic E-state index is 0.349. The molecule has 5 nitrogen and oxygen atoms in total. The van der Waals surface area contributed by atoms with Crippen LogP contribution in [0.4, 0.5) is 0 Å². The predicted molar refractivity (Wildman–Crippen MR) is 141 cm³/mol. The fraction of sp³-hybridized carbons (Fsp3) is 0.700. The zero-order chi connectivity index (χ0) is 23.6. The summed E-state index contributed by atoms with van der Waals surface area (Å²) in [5, 5.41) is 1.27. The van der Waals surface area contributed by atoms with Crippen LogP contribution in [0.1, 0.15) is 89.5 Å². The highest BCUT2D eigenvalue weighted by atomic mass is 16.5. The number of carbonyl (C=O) groups is 1. The van der Waals surface area contributed by atoms with E-state index in [1.807, 2.05) is 0 Å². The molecule has 4 aliphatic rings. The second-order valence-corrected chi connectivity index (χ2v) is 11.7. The Labute approximate surface area is 210 Å². The molecule has 190 valence electrons. The number of piperidine rings is 2. The van der Waals surface area contributed by atoms with Crippen molar-refractivity contribution in [3.05, 3.63) is 30.5 Å². The highest BCUT2D eigenvalue weighted by Gasteiger charge is 2.29. The molecule has 2 aliphatic carbocycles. The second-order valence-electron chi connectivity index (χ2n) is 11.7. The fourth-order valence-electron chi connectivity index (χ4n) is 7.02. The molecule has 2 saturated carbocycles. The van der Waals surface area contributed by atoms with E-state index < -0.39 is 0 Å². The first-order valence-corrected chi connectivity index (χ1v) is 14.5. The van der Waals surface area contributed by atoms with Crippen LogP contribution in [0.3, 0.4) is 0 Å². The quantitative estimate of drug-likeness (QED) is 0.478. The molecule has 2 saturated heterocycles. The van der Waals surface area contributed by atoms with Gasteiger partial charge in [-0.1, -0.05) is 32.1 Å². The van der Waals surface area contributed by atoms with E-state index in [2.05, 4.69) is 44.8 Å². The standard InChI is InChI=1S/C30H43N3O2/c34-30(11-8-23-4-1-2-5-23)32-17-13-26(14-18-32)33-21-12-24-22-28(9-10-29(24)33)35-27-15-19-31(20-16-27)25-6-3-7-25/h9-10,12,21-23,25-27H,1-8,11,13-20H2. The van der Waals surface area contributed by atoms with Gasteiger partial charge in [0.15, 0.2) is 0 Å². The van der Waals surface area contributed by atoms with Gasteiger partial charge in [-0.15, -0.1) is 0 Å². The van der Waals surface area contributed by atoms with Crippen LogP contribution in [0.2, 0.25) is 0 Å². The maximum Gasteiger partial charge on any atom is 0.222 e. The third-order valence-corrected chi connectivity index (χ3v) is 9.51. The monoisotopic (exact) mass is 477 g/mol. The Kier molecular flexibility index (Phi) is 7.04. The maximum atomic E-state index is 12.7. The smallest absolute Gasteiger partial charge is 0.222 e. The van der Waals surface area contributed by atoms with E-state index in [1.165, 1.54) is 68.9 Å². The summed E-state index contributed by atoms with van der Waals surface area (Å²) in [6.45, 7) is 4.18. The summed E-state index contributed by atoms with van der Waals surface area (Å²) < 4.78 is 8.86. The summed E-state index contributed by atoms with van der Waals surface area (Å²) >= 11 is 0. The van der Waals surface area contributed by atoms with E-state index >= 15 is 0 Å². The molecule has 0 bridgehead atoms. The number of ether oxygens (including phenoxy) is 1. The lowest BCUT2D eigenvalue weighted by Gasteiger charge is -2.41. The van der Waals surface area contributed by atoms with E-state index in [-0.39, 0.29) is 0 Å². The molecular formula is C30H43N3O2. The van der Waals surface area contributed by atoms with E-state index in [4.69, 9.17) is 4.74 Å². The number of likely N-dealkylation sites (tertiary alicyclic amines) is 2. The van der Waals surface area contributed by atoms with Crippen LogP contribution < -0.4 is 4.74 Å². The van der Waals surface area contributed by atoms with Gasteiger partial charge in [0, 0.05) is 61.8 Å². The molecule has 1 aromatic carbocycles. The Morgan fingerprint density at radius 2 is 1.60 bits per heavy atom. The number of aromatic nitrogens is 1. The van der Waals surface area contributed by atoms with Crippen molar-refractivity contribution in [2.24, 2.45) is 5.92 Å². The van der Waals surface area contributed by atoms with Crippen LogP contribution >= 0.6 is 0 Å². The predicted octanol–water partition coefficient (Wildman–Crippen LogP) is 6.17. The van der Waals surface area contributed by atoms with Crippen molar-refractivity contribution in [2.45, 2.75) is 102 Å². The Hall–Kier alpha value is -2.01. The van der Waals surface area contributed by atoms with Crippen LogP contribution in [-0.4, -0.2) is 58.6 Å². The van der Waals surface area contributed by atoms with Crippen molar-refractivity contribution in [1.82, 2.24) is 14.4 Å². The molecule has 0 spiro atoms. The minimum atomic E-state index is 0.349. The third-order valence-electron chi connectivity index (χ3n) is 9.51. The van der Waals surface area contributed by atoms with E-state index in [0.717, 1.165) is 69.3 Å². The zero-order valence-electron chi connectivity index (χ0n) is 21.4. The fourth-order valence-corrected chi connectivity index (χ4v) is 7.02. The average molecular weight is 478 g/mol. The SMILES string of the molecule is O=C(CCC1CCCC1)N1CCC(n2ccc3cc(OC4CCN(C5CCC5)CC4)ccc32)CC1. The molecule has 0 radical (unpaired) electrons. The molecule has 0 unspecified atom stereocenters. The normalized spacial score (nSPS) is 23.7. The number of benzene rings is 1. The van der Waals surface area contributed by atoms with Crippen LogP contribution in [0.5, 0.6) is 5.75 Å². The molecule has 5 heteroatoms. The minimum Gasteiger partial charge on any atom is -0.490 e. The van der Waals surface area contributed by atoms with Gasteiger partial charge in [-0.3, -0.25) is 4.79 Å². The maximum absolute atomic E-state index is 12.7. The molecular weight excluding hydrogens is 434 g/mol. The van der Waals surface area contributed by atoms with Crippen LogP contribution in [0.25, 0.3) is 10.9 Å². The van der Waals surface area contributed by atoms with Crippen LogP contribution in [0, 0.1) is 5.92 Å². The lowest BCUT2D eigenvalue weighted by atomic mass is 9.90. The number of hydrogen-bond acceptors (Lipinski definition) is 3. The first kappa shape index (κ1) is 23.4. The Balaban J connectivity index is 1.00. The van der Waals surface area contributed by atoms with Crippen LogP contribution in [0.15, 0.2) is 30.5 Å². The van der Waals surface area contributed by atoms with Gasteiger partial charge in [-0.05, 0) is 75.1 Å². The van der Waals surface area contributed by atoms with Gasteiger partial charge >= 0.3 is 0 Å². The van der Waals surface area contributed by atoms with Crippen molar-refractivity contribution in [3.8, 4) is 5.75 Å². The van der Waals surface area contributed by atoms with Crippen molar-refractivity contribution >= 4 is 16.8 Å². The molecule has 1 amide bonds. The van der Waals surface area contributed by atoms with E-state index in [0.29, 0.717) is 18.1 Å². The number of rotatable bonds is 7. The Bertz CT molecular complexity index is 990. The summed E-state index contributed by atoms with van der Waals surface area (Å²) in [6, 6.07) is 10.2. The third kappa shape index (κ3) is 5.26. The van der Waals surface area contributed by atoms with Crippen molar-refractivity contribution in [1.29, 1.82) is 0 Å². The molecule has 1 aromatic heterocycles. The van der Waals surface area contributed by atoms with Crippen molar-refractivity contribution in [3.63, 3.8) is 0 Å². The van der Waals surface area contributed by atoms with Gasteiger partial charge in [0.1, 0.15) is 11.9 Å². The summed E-state index contributed by atoms with van der Waals surface area (Å²) in [4.78, 5) is 17.5. The lowest BCUT2D eigenvalue weighted by molar-refractivity contribution is -0.132. The highest BCUT2D eigenvalue weighted by molar-refractivity contribution is 5.82. The van der Waals surface area contributed by atoms with Crippen LogP contribution in [-0.2, 0) is 4.79 Å². The van der Waals surface area contributed by atoms with Gasteiger partial charge in [-0.2, -0.15) is 0 Å². The van der Waals surface area contributed by atoms with Gasteiger partial charge in [0.2, 0.25) is 5.91 Å². The molecule has 0 N–H and O–H groups in total. The zero-order valence-corrected chi connectivity index (χ0v) is 21.4. The van der Waals surface area contributed by atoms with E-state index in [1.54, 1.807) is 0 Å². The van der Waals surface area contributed by atoms with Crippen molar-refractivity contribution in [2.75, 3.05) is 26.2 Å². The number of carbonyl (C=O) groups excluding carboxylic acids is 1. The topological polar surface area (TPSA) is 37.7 Å². The molecule has 4 fully saturated rings. The highest BCUT2D eigenvalue weighted by Crippen LogP contribution is 2.33. The summed E-state index contributed by atoms with van der Waals surface area (Å²) in [5.41, 5.74) is 1.29. The first-order chi connectivity index (χ1) is 17.2. The number of fused-ring (bicyclic) bond motifs is 1. The Morgan fingerprint density at radius 1 is 0.829 bits per heavy atom. The Morgan fingerprint density at radius 3 is 2.31 bits per heavy atom. The summed E-state index contributed by atoms with van der Waals surface area (Å²) in [5.74, 6) is 2.20. The molecule has 2 aromatic rings. The molecule has 35 heavy (non-hydrogen) atoms. The first-order valence-electron chi connectivity index (χ1n) is 14.5. The number of nitrogens with zero attached hydrogens (tertiary/aromatic N) is 3. The van der Waals surface area contributed by atoms with E-state index in [9.17, 15) is 4.79 Å². The summed E-state index contributed by atoms with van der Waals surface area (Å²) in [7, 11) is 0. The summed E-state index contributed by atoms with van der Waals surface area (Å²) in [6.07, 6.45) is 18.5. The molecule has 3 heterocycles. The largest absolute Gasteiger partial charge is 0.490 e. The second kappa shape index (κ2) is 10.5. The van der Waals surface area contributed by atoms with Gasteiger partial charge in [0.05, 0.1) is 0 Å². The van der Waals surface area contributed by atoms with Gasteiger partial charge in [0.25, 0.3) is 0 Å². The number of amides is 1. The average Bonchev–Trinajstić information content (AvgIpc) is 3.53. The van der Waals surface area contributed by atoms with Gasteiger partial charge in [-0.25, -0.2) is 0 Å².